The van der Waals surface area contributed by atoms with Gasteiger partial charge in [-0.05, 0) is 18.3 Å². The van der Waals surface area contributed by atoms with Crippen LogP contribution in [0.4, 0.5) is 5.88 Å². The fraction of sp³-hybridized carbons (Fsp3) is 0. The van der Waals surface area contributed by atoms with Crippen LogP contribution in [-0.2, 0) is 0 Å². The van der Waals surface area contributed by atoms with Gasteiger partial charge in [-0.2, -0.15) is 5.10 Å². The van der Waals surface area contributed by atoms with Crippen LogP contribution in [0.15, 0.2) is 16.5 Å². The number of hydrogen-bond donors (Lipinski definition) is 1. The molecule has 0 radical (unpaired) electrons. The van der Waals surface area contributed by atoms with Gasteiger partial charge < -0.3 is 4.42 Å². The van der Waals surface area contributed by atoms with E-state index in [1.165, 1.54) is 23.5 Å². The molecule has 0 unspecified atom stereocenters. The van der Waals surface area contributed by atoms with Gasteiger partial charge in [0.05, 0.1) is 6.07 Å². The van der Waals surface area contributed by atoms with Crippen LogP contribution >= 0.6 is 23.6 Å². The van der Waals surface area contributed by atoms with Gasteiger partial charge in [-0.25, -0.2) is 0 Å². The van der Waals surface area contributed by atoms with E-state index in [1.54, 1.807) is 0 Å². The second-order valence-corrected chi connectivity index (χ2v) is 3.98. The summed E-state index contributed by atoms with van der Waals surface area (Å²) in [5.41, 5.74) is 0. The summed E-state index contributed by atoms with van der Waals surface area (Å²) in [6, 6.07) is 2.76. The Morgan fingerprint density at radius 2 is 2.43 bits per heavy atom. The molecule has 0 bridgehead atoms. The Kier molecular flexibility index (Phi) is 2.14. The molecule has 0 aliphatic heterocycles. The summed E-state index contributed by atoms with van der Waals surface area (Å²) in [6.07, 6.45) is 0. The Balaban J connectivity index is 2.43. The van der Waals surface area contributed by atoms with Gasteiger partial charge in [0.1, 0.15) is 4.92 Å². The average molecular weight is 229 g/mol. The molecule has 14 heavy (non-hydrogen) atoms. The summed E-state index contributed by atoms with van der Waals surface area (Å²) in [5.74, 6) is 0.0372. The smallest absolute Gasteiger partial charge is 0.398 e. The number of H-pyrrole nitrogens is 1. The fourth-order valence-electron chi connectivity index (χ4n) is 0.876. The number of aromatic amines is 1. The molecular formula is C6H3N3O3S2. The third-order valence-corrected chi connectivity index (χ3v) is 2.52. The molecule has 6 nitrogen and oxygen atoms in total. The van der Waals surface area contributed by atoms with E-state index in [2.05, 4.69) is 10.2 Å². The Hall–Kier alpha value is -1.54. The first-order valence-electron chi connectivity index (χ1n) is 3.47. The van der Waals surface area contributed by atoms with Crippen molar-refractivity contribution in [2.45, 2.75) is 0 Å². The zero-order valence-electron chi connectivity index (χ0n) is 6.59. The van der Waals surface area contributed by atoms with E-state index >= 15 is 0 Å². The Bertz CT molecular complexity index is 526. The van der Waals surface area contributed by atoms with E-state index in [0.29, 0.717) is 14.7 Å². The first-order valence-corrected chi connectivity index (χ1v) is 4.69. The van der Waals surface area contributed by atoms with Gasteiger partial charge in [0.15, 0.2) is 14.7 Å². The molecule has 0 fully saturated rings. The molecule has 0 aliphatic carbocycles. The van der Waals surface area contributed by atoms with E-state index in [9.17, 15) is 10.1 Å². The Morgan fingerprint density at radius 3 is 2.93 bits per heavy atom. The number of nitrogens with zero attached hydrogens (tertiary/aromatic N) is 2. The van der Waals surface area contributed by atoms with Crippen molar-refractivity contribution in [3.8, 4) is 10.8 Å². The van der Waals surface area contributed by atoms with Crippen LogP contribution in [0.25, 0.3) is 10.8 Å². The number of rotatable bonds is 2. The molecule has 2 rings (SSSR count). The molecule has 0 aliphatic rings. The third kappa shape index (κ3) is 1.56. The third-order valence-electron chi connectivity index (χ3n) is 1.42. The number of nitrogens with one attached hydrogen (secondary N) is 1. The van der Waals surface area contributed by atoms with Crippen molar-refractivity contribution in [1.29, 1.82) is 0 Å². The van der Waals surface area contributed by atoms with Crippen LogP contribution < -0.4 is 0 Å². The highest BCUT2D eigenvalue weighted by atomic mass is 32.1. The quantitative estimate of drug-likeness (QED) is 0.485. The largest absolute Gasteiger partial charge is 0.433 e. The molecule has 0 spiro atoms. The van der Waals surface area contributed by atoms with Crippen molar-refractivity contribution in [2.24, 2.45) is 0 Å². The number of furan rings is 1. The lowest BCUT2D eigenvalue weighted by Crippen LogP contribution is -1.82. The van der Waals surface area contributed by atoms with Crippen molar-refractivity contribution < 1.29 is 9.34 Å². The van der Waals surface area contributed by atoms with Gasteiger partial charge in [0.2, 0.25) is 0 Å². The van der Waals surface area contributed by atoms with E-state index in [-0.39, 0.29) is 5.88 Å². The van der Waals surface area contributed by atoms with Gasteiger partial charge in [-0.15, -0.1) is 0 Å². The average Bonchev–Trinajstić information content (AvgIpc) is 2.70. The lowest BCUT2D eigenvalue weighted by molar-refractivity contribution is -0.401. The molecular weight excluding hydrogens is 226 g/mol. The molecule has 72 valence electrons. The topological polar surface area (TPSA) is 85.0 Å². The van der Waals surface area contributed by atoms with Gasteiger partial charge in [0, 0.05) is 0 Å². The summed E-state index contributed by atoms with van der Waals surface area (Å²) in [5, 5.41) is 17.2. The molecule has 1 N–H and O–H groups in total. The number of hydrogen-bond acceptors (Lipinski definition) is 6. The minimum absolute atomic E-state index is 0.305. The van der Waals surface area contributed by atoms with Gasteiger partial charge in [0.25, 0.3) is 0 Å². The highest BCUT2D eigenvalue weighted by molar-refractivity contribution is 7.73. The Morgan fingerprint density at radius 1 is 1.64 bits per heavy atom. The molecule has 2 aromatic heterocycles. The van der Waals surface area contributed by atoms with E-state index in [1.807, 2.05) is 0 Å². The molecule has 8 heteroatoms. The number of aromatic nitrogens is 2. The second kappa shape index (κ2) is 3.31. The van der Waals surface area contributed by atoms with Crippen LogP contribution in [-0.4, -0.2) is 15.1 Å². The summed E-state index contributed by atoms with van der Waals surface area (Å²) >= 11 is 6.01. The van der Waals surface area contributed by atoms with Crippen molar-refractivity contribution in [3.05, 3.63) is 26.2 Å². The Labute approximate surface area is 86.3 Å². The predicted molar refractivity (Wildman–Crippen MR) is 51.7 cm³/mol. The van der Waals surface area contributed by atoms with E-state index < -0.39 is 4.92 Å². The lowest BCUT2D eigenvalue weighted by Gasteiger charge is -1.84. The predicted octanol–water partition coefficient (Wildman–Crippen LogP) is 2.37. The van der Waals surface area contributed by atoms with E-state index in [0.717, 1.165) is 0 Å². The summed E-state index contributed by atoms with van der Waals surface area (Å²) in [6.45, 7) is 0. The summed E-state index contributed by atoms with van der Waals surface area (Å²) < 4.78 is 5.43. The standard InChI is InChI=1S/C6H3N3O3S2/c10-9(11)4-2-1-3(12-4)5-7-8-6(13)14-5/h1-2H,(H,8,13). The minimum atomic E-state index is -0.602. The van der Waals surface area contributed by atoms with Crippen LogP contribution in [0.5, 0.6) is 0 Å². The van der Waals surface area contributed by atoms with Crippen LogP contribution in [0, 0.1) is 14.1 Å². The van der Waals surface area contributed by atoms with Gasteiger partial charge in [-0.3, -0.25) is 15.2 Å². The maximum atomic E-state index is 10.3. The van der Waals surface area contributed by atoms with E-state index in [4.69, 9.17) is 16.6 Å². The molecule has 2 heterocycles. The van der Waals surface area contributed by atoms with Crippen molar-refractivity contribution in [3.63, 3.8) is 0 Å². The lowest BCUT2D eigenvalue weighted by atomic mass is 10.5. The summed E-state index contributed by atoms with van der Waals surface area (Å²) in [4.78, 5) is 9.72. The summed E-state index contributed by atoms with van der Waals surface area (Å²) in [7, 11) is 0. The van der Waals surface area contributed by atoms with Crippen LogP contribution in [0.2, 0.25) is 0 Å². The van der Waals surface area contributed by atoms with Gasteiger partial charge >= 0.3 is 5.88 Å². The number of nitro groups is 1. The van der Waals surface area contributed by atoms with Gasteiger partial charge in [-0.1, -0.05) is 11.3 Å². The van der Waals surface area contributed by atoms with Crippen LogP contribution in [0.1, 0.15) is 0 Å². The molecule has 0 saturated heterocycles. The monoisotopic (exact) mass is 229 g/mol. The highest BCUT2D eigenvalue weighted by Crippen LogP contribution is 2.26. The normalized spacial score (nSPS) is 10.3. The van der Waals surface area contributed by atoms with Crippen molar-refractivity contribution in [1.82, 2.24) is 10.2 Å². The second-order valence-electron chi connectivity index (χ2n) is 2.31. The fourth-order valence-corrected chi connectivity index (χ4v) is 1.73. The SMILES string of the molecule is O=[N+]([O-])c1ccc(-c2n[nH]c(=S)s2)o1. The maximum Gasteiger partial charge on any atom is 0.433 e. The van der Waals surface area contributed by atoms with Crippen LogP contribution in [0.3, 0.4) is 0 Å². The first kappa shape index (κ1) is 9.03. The maximum absolute atomic E-state index is 10.3. The zero-order valence-corrected chi connectivity index (χ0v) is 8.22. The van der Waals surface area contributed by atoms with Crippen molar-refractivity contribution >= 4 is 29.4 Å². The zero-order chi connectivity index (χ0) is 10.1. The molecule has 2 aromatic rings. The van der Waals surface area contributed by atoms with Crippen molar-refractivity contribution in [2.75, 3.05) is 0 Å². The molecule has 0 saturated carbocycles. The highest BCUT2D eigenvalue weighted by Gasteiger charge is 2.14. The molecule has 0 atom stereocenters. The first-order chi connectivity index (χ1) is 6.66. The molecule has 0 aromatic carbocycles. The molecule has 0 amide bonds. The minimum Gasteiger partial charge on any atom is -0.398 e.